The van der Waals surface area contributed by atoms with E-state index in [-0.39, 0.29) is 0 Å². The lowest BCUT2D eigenvalue weighted by atomic mass is 9.95. The van der Waals surface area contributed by atoms with Gasteiger partial charge in [-0.3, -0.25) is 0 Å². The molecule has 0 aliphatic rings. The molecule has 0 fully saturated rings. The largest absolute Gasteiger partial charge is 0.352 e. The molecule has 0 saturated carbocycles. The van der Waals surface area contributed by atoms with Crippen LogP contribution in [0.2, 0.25) is 0 Å². The Morgan fingerprint density at radius 1 is 1.64 bits per heavy atom. The molecule has 4 nitrogen and oxygen atoms in total. The molecule has 4 heteroatoms. The Morgan fingerprint density at radius 2 is 2.09 bits per heavy atom. The van der Waals surface area contributed by atoms with Crippen LogP contribution in [0.5, 0.6) is 0 Å². The zero-order valence-corrected chi connectivity index (χ0v) is 6.85. The van der Waals surface area contributed by atoms with Gasteiger partial charge in [0.15, 0.2) is 0 Å². The molecular weight excluding hydrogens is 142 g/mol. The van der Waals surface area contributed by atoms with E-state index in [4.69, 9.17) is 11.0 Å². The number of amides is 2. The minimum Gasteiger partial charge on any atom is -0.352 e. The third-order valence-electron chi connectivity index (χ3n) is 1.78. The Kier molecular flexibility index (Phi) is 3.38. The number of carbonyl (C=O) groups excluding carboxylic acids is 1. The highest BCUT2D eigenvalue weighted by Crippen LogP contribution is 2.12. The number of rotatable bonds is 3. The van der Waals surface area contributed by atoms with Crippen molar-refractivity contribution in [2.45, 2.75) is 32.2 Å². The van der Waals surface area contributed by atoms with Crippen molar-refractivity contribution in [3.63, 3.8) is 0 Å². The van der Waals surface area contributed by atoms with Crippen molar-refractivity contribution in [3.05, 3.63) is 0 Å². The van der Waals surface area contributed by atoms with E-state index in [2.05, 4.69) is 5.32 Å². The number of primary amides is 1. The molecule has 2 amide bonds. The van der Waals surface area contributed by atoms with Gasteiger partial charge in [0.25, 0.3) is 0 Å². The minimum absolute atomic E-state index is 0.572. The van der Waals surface area contributed by atoms with Gasteiger partial charge in [-0.2, -0.15) is 5.26 Å². The molecule has 0 aromatic rings. The van der Waals surface area contributed by atoms with Crippen molar-refractivity contribution in [2.75, 3.05) is 0 Å². The zero-order valence-electron chi connectivity index (χ0n) is 6.85. The summed E-state index contributed by atoms with van der Waals surface area (Å²) in [5.41, 5.74) is 4.13. The smallest absolute Gasteiger partial charge is 0.313 e. The Bertz CT molecular complexity index is 179. The number of urea groups is 1. The topological polar surface area (TPSA) is 78.9 Å². The van der Waals surface area contributed by atoms with Gasteiger partial charge in [-0.15, -0.1) is 0 Å². The molecule has 0 spiro atoms. The van der Waals surface area contributed by atoms with E-state index >= 15 is 0 Å². The summed E-state index contributed by atoms with van der Waals surface area (Å²) < 4.78 is 0. The number of nitriles is 1. The molecule has 0 aliphatic carbocycles. The lowest BCUT2D eigenvalue weighted by molar-refractivity contribution is 0.238. The number of nitrogens with two attached hydrogens (primary N) is 1. The number of hydrogen-bond acceptors (Lipinski definition) is 2. The highest BCUT2D eigenvalue weighted by atomic mass is 16.2. The average Bonchev–Trinajstić information content (AvgIpc) is 2.00. The van der Waals surface area contributed by atoms with Crippen LogP contribution in [0, 0.1) is 11.3 Å². The maximum Gasteiger partial charge on any atom is 0.313 e. The van der Waals surface area contributed by atoms with Crippen LogP contribution in [0.15, 0.2) is 0 Å². The first-order valence-corrected chi connectivity index (χ1v) is 3.59. The Morgan fingerprint density at radius 3 is 2.18 bits per heavy atom. The standard InChI is InChI=1S/C7H13N3O/c1-3-7(4-2,5-8)10-6(9)11/h3-4H2,1-2H3,(H3,9,10,11). The van der Waals surface area contributed by atoms with Crippen LogP contribution in [0.25, 0.3) is 0 Å². The summed E-state index contributed by atoms with van der Waals surface area (Å²) in [7, 11) is 0. The molecule has 0 aromatic carbocycles. The van der Waals surface area contributed by atoms with Gasteiger partial charge >= 0.3 is 6.03 Å². The molecule has 0 heterocycles. The van der Waals surface area contributed by atoms with Crippen molar-refractivity contribution in [3.8, 4) is 6.07 Å². The Balaban J connectivity index is 4.32. The molecule has 11 heavy (non-hydrogen) atoms. The van der Waals surface area contributed by atoms with Crippen LogP contribution < -0.4 is 11.1 Å². The summed E-state index contributed by atoms with van der Waals surface area (Å²) in [5.74, 6) is 0. The fourth-order valence-electron chi connectivity index (χ4n) is 0.849. The lowest BCUT2D eigenvalue weighted by Gasteiger charge is -2.23. The summed E-state index contributed by atoms with van der Waals surface area (Å²) in [4.78, 5) is 10.5. The van der Waals surface area contributed by atoms with Crippen LogP contribution in [0.1, 0.15) is 26.7 Å². The number of carbonyl (C=O) groups is 1. The first kappa shape index (κ1) is 9.76. The third kappa shape index (κ3) is 2.46. The normalized spacial score (nSPS) is 10.3. The summed E-state index contributed by atoms with van der Waals surface area (Å²) >= 11 is 0. The molecule has 0 aromatic heterocycles. The van der Waals surface area contributed by atoms with Gasteiger partial charge in [0.1, 0.15) is 5.54 Å². The molecule has 62 valence electrons. The van der Waals surface area contributed by atoms with E-state index in [0.29, 0.717) is 12.8 Å². The molecule has 0 saturated heterocycles. The van der Waals surface area contributed by atoms with Gasteiger partial charge in [-0.25, -0.2) is 4.79 Å². The second-order valence-electron chi connectivity index (χ2n) is 2.39. The Labute approximate surface area is 66.4 Å². The van der Waals surface area contributed by atoms with Crippen LogP contribution >= 0.6 is 0 Å². The summed E-state index contributed by atoms with van der Waals surface area (Å²) in [6.45, 7) is 3.67. The molecule has 0 radical (unpaired) electrons. The maximum absolute atomic E-state index is 10.5. The predicted molar refractivity (Wildman–Crippen MR) is 41.6 cm³/mol. The maximum atomic E-state index is 10.5. The van der Waals surface area contributed by atoms with Gasteiger partial charge in [0.05, 0.1) is 6.07 Å². The SMILES string of the molecule is CCC(C#N)(CC)NC(N)=O. The highest BCUT2D eigenvalue weighted by Gasteiger charge is 2.26. The minimum atomic E-state index is -0.772. The van der Waals surface area contributed by atoms with Crippen molar-refractivity contribution in [1.29, 1.82) is 5.26 Å². The molecule has 0 aliphatic heterocycles. The van der Waals surface area contributed by atoms with Gasteiger partial charge in [-0.05, 0) is 12.8 Å². The summed E-state index contributed by atoms with van der Waals surface area (Å²) in [6, 6.07) is 1.39. The molecule has 3 N–H and O–H groups in total. The first-order valence-electron chi connectivity index (χ1n) is 3.59. The fraction of sp³-hybridized carbons (Fsp3) is 0.714. The van der Waals surface area contributed by atoms with E-state index in [9.17, 15) is 4.79 Å². The second-order valence-corrected chi connectivity index (χ2v) is 2.39. The van der Waals surface area contributed by atoms with E-state index in [0.717, 1.165) is 0 Å². The highest BCUT2D eigenvalue weighted by molar-refractivity contribution is 5.73. The number of nitrogens with one attached hydrogen (secondary N) is 1. The first-order chi connectivity index (χ1) is 5.10. The monoisotopic (exact) mass is 155 g/mol. The predicted octanol–water partition coefficient (Wildman–Crippen LogP) is 0.737. The van der Waals surface area contributed by atoms with Crippen LogP contribution in [-0.4, -0.2) is 11.6 Å². The number of hydrogen-bond donors (Lipinski definition) is 2. The molecule has 0 bridgehead atoms. The van der Waals surface area contributed by atoms with Crippen molar-refractivity contribution < 1.29 is 4.79 Å². The van der Waals surface area contributed by atoms with E-state index < -0.39 is 11.6 Å². The zero-order chi connectivity index (χ0) is 8.91. The molecule has 0 rings (SSSR count). The van der Waals surface area contributed by atoms with Crippen molar-refractivity contribution >= 4 is 6.03 Å². The quantitative estimate of drug-likeness (QED) is 0.630. The fourth-order valence-corrected chi connectivity index (χ4v) is 0.849. The Hall–Kier alpha value is -1.24. The van der Waals surface area contributed by atoms with Crippen molar-refractivity contribution in [1.82, 2.24) is 5.32 Å². The molecular formula is C7H13N3O. The lowest BCUT2D eigenvalue weighted by Crippen LogP contribution is -2.48. The second kappa shape index (κ2) is 3.81. The van der Waals surface area contributed by atoms with Crippen LogP contribution in [0.3, 0.4) is 0 Å². The van der Waals surface area contributed by atoms with Gasteiger partial charge in [-0.1, -0.05) is 13.8 Å². The summed E-state index contributed by atoms with van der Waals surface area (Å²) in [5, 5.41) is 11.1. The van der Waals surface area contributed by atoms with E-state index in [1.807, 2.05) is 19.9 Å². The molecule has 0 atom stereocenters. The third-order valence-corrected chi connectivity index (χ3v) is 1.78. The number of nitrogens with zero attached hydrogens (tertiary/aromatic N) is 1. The van der Waals surface area contributed by atoms with Crippen LogP contribution in [-0.2, 0) is 0 Å². The van der Waals surface area contributed by atoms with Crippen LogP contribution in [0.4, 0.5) is 4.79 Å². The van der Waals surface area contributed by atoms with Crippen molar-refractivity contribution in [2.24, 2.45) is 5.73 Å². The van der Waals surface area contributed by atoms with Gasteiger partial charge in [0.2, 0.25) is 0 Å². The molecule has 0 unspecified atom stereocenters. The summed E-state index contributed by atoms with van der Waals surface area (Å²) in [6.07, 6.45) is 1.14. The van der Waals surface area contributed by atoms with Gasteiger partial charge in [0, 0.05) is 0 Å². The average molecular weight is 155 g/mol. The van der Waals surface area contributed by atoms with E-state index in [1.165, 1.54) is 0 Å². The van der Waals surface area contributed by atoms with E-state index in [1.54, 1.807) is 0 Å². The van der Waals surface area contributed by atoms with Gasteiger partial charge < -0.3 is 11.1 Å².